The van der Waals surface area contributed by atoms with Gasteiger partial charge in [-0.3, -0.25) is 4.90 Å². The molecule has 18 heavy (non-hydrogen) atoms. The number of nitrogen functional groups attached to an aromatic ring is 1. The summed E-state index contributed by atoms with van der Waals surface area (Å²) in [6, 6.07) is 0.688. The second kappa shape index (κ2) is 6.50. The van der Waals surface area contributed by atoms with Crippen LogP contribution in [-0.4, -0.2) is 54.1 Å². The van der Waals surface area contributed by atoms with E-state index in [1.54, 1.807) is 11.3 Å². The van der Waals surface area contributed by atoms with E-state index in [1.807, 2.05) is 0 Å². The Morgan fingerprint density at radius 2 is 2.33 bits per heavy atom. The summed E-state index contributed by atoms with van der Waals surface area (Å²) in [5.41, 5.74) is 6.81. The lowest BCUT2D eigenvalue weighted by molar-refractivity contribution is 0.185. The average Bonchev–Trinajstić information content (AvgIpc) is 2.67. The van der Waals surface area contributed by atoms with Crippen molar-refractivity contribution in [1.82, 2.24) is 14.8 Å². The predicted molar refractivity (Wildman–Crippen MR) is 78.0 cm³/mol. The molecular formula is C13H24N4S. The van der Waals surface area contributed by atoms with Crippen LogP contribution < -0.4 is 5.73 Å². The smallest absolute Gasteiger partial charge is 0.180 e. The van der Waals surface area contributed by atoms with E-state index in [2.05, 4.69) is 34.1 Å². The molecular weight excluding hydrogens is 244 g/mol. The predicted octanol–water partition coefficient (Wildman–Crippen LogP) is 1.68. The maximum Gasteiger partial charge on any atom is 0.180 e. The molecule has 1 fully saturated rings. The summed E-state index contributed by atoms with van der Waals surface area (Å²) in [5.74, 6) is 0. The van der Waals surface area contributed by atoms with Gasteiger partial charge < -0.3 is 10.6 Å². The molecule has 1 atom stereocenters. The van der Waals surface area contributed by atoms with Crippen LogP contribution in [0.25, 0.3) is 0 Å². The Labute approximate surface area is 114 Å². The molecule has 1 unspecified atom stereocenters. The largest absolute Gasteiger partial charge is 0.375 e. The number of aromatic nitrogens is 1. The molecule has 0 bridgehead atoms. The summed E-state index contributed by atoms with van der Waals surface area (Å²) in [5, 5.41) is 2.77. The Bertz CT molecular complexity index is 366. The fourth-order valence-corrected chi connectivity index (χ4v) is 3.27. The number of hydrogen-bond acceptors (Lipinski definition) is 5. The molecule has 0 amide bonds. The minimum absolute atomic E-state index is 0.688. The van der Waals surface area contributed by atoms with E-state index in [4.69, 9.17) is 5.73 Å². The standard InChI is InChI=1S/C13H24N4S/c1-3-12-9-16(2)6-4-7-17(12)8-5-11-10-18-13(14)15-11/h10,12H,3-9H2,1-2H3,(H2,14,15). The lowest BCUT2D eigenvalue weighted by Gasteiger charge is -2.29. The first-order valence-corrected chi connectivity index (χ1v) is 7.69. The van der Waals surface area contributed by atoms with Gasteiger partial charge in [-0.25, -0.2) is 4.98 Å². The van der Waals surface area contributed by atoms with Gasteiger partial charge in [0.05, 0.1) is 5.69 Å². The molecule has 5 heteroatoms. The topological polar surface area (TPSA) is 45.4 Å². The molecule has 0 aliphatic carbocycles. The van der Waals surface area contributed by atoms with Gasteiger partial charge in [0.2, 0.25) is 0 Å². The Hall–Kier alpha value is -0.650. The van der Waals surface area contributed by atoms with Crippen molar-refractivity contribution in [3.05, 3.63) is 11.1 Å². The van der Waals surface area contributed by atoms with Gasteiger partial charge in [0.25, 0.3) is 0 Å². The van der Waals surface area contributed by atoms with E-state index in [-0.39, 0.29) is 0 Å². The van der Waals surface area contributed by atoms with Crippen molar-refractivity contribution in [1.29, 1.82) is 0 Å². The van der Waals surface area contributed by atoms with Crippen LogP contribution in [0.15, 0.2) is 5.38 Å². The second-order valence-corrected chi connectivity index (χ2v) is 6.03. The van der Waals surface area contributed by atoms with Crippen molar-refractivity contribution in [3.8, 4) is 0 Å². The Morgan fingerprint density at radius 3 is 3.00 bits per heavy atom. The molecule has 0 aromatic carbocycles. The minimum Gasteiger partial charge on any atom is -0.375 e. The molecule has 1 aliphatic heterocycles. The first-order chi connectivity index (χ1) is 8.69. The van der Waals surface area contributed by atoms with Crippen LogP contribution in [0.1, 0.15) is 25.5 Å². The lowest BCUT2D eigenvalue weighted by atomic mass is 10.1. The van der Waals surface area contributed by atoms with E-state index < -0.39 is 0 Å². The number of nitrogens with zero attached hydrogens (tertiary/aromatic N) is 3. The summed E-state index contributed by atoms with van der Waals surface area (Å²) in [7, 11) is 2.23. The fraction of sp³-hybridized carbons (Fsp3) is 0.769. The summed E-state index contributed by atoms with van der Waals surface area (Å²) in [6.07, 6.45) is 3.52. The highest BCUT2D eigenvalue weighted by molar-refractivity contribution is 7.13. The molecule has 1 aromatic rings. The van der Waals surface area contributed by atoms with E-state index >= 15 is 0 Å². The summed E-state index contributed by atoms with van der Waals surface area (Å²) < 4.78 is 0. The number of hydrogen-bond donors (Lipinski definition) is 1. The quantitative estimate of drug-likeness (QED) is 0.902. The second-order valence-electron chi connectivity index (χ2n) is 5.14. The highest BCUT2D eigenvalue weighted by Crippen LogP contribution is 2.15. The minimum atomic E-state index is 0.688. The monoisotopic (exact) mass is 268 g/mol. The zero-order valence-corrected chi connectivity index (χ0v) is 12.2. The Balaban J connectivity index is 1.89. The van der Waals surface area contributed by atoms with Gasteiger partial charge in [0, 0.05) is 30.9 Å². The molecule has 2 N–H and O–H groups in total. The Morgan fingerprint density at radius 1 is 1.50 bits per heavy atom. The third-order valence-electron chi connectivity index (χ3n) is 3.72. The number of nitrogens with two attached hydrogens (primary N) is 1. The third kappa shape index (κ3) is 3.67. The maximum absolute atomic E-state index is 5.67. The molecule has 2 rings (SSSR count). The van der Waals surface area contributed by atoms with Crippen LogP contribution in [0.3, 0.4) is 0 Å². The van der Waals surface area contributed by atoms with Crippen LogP contribution in [0.5, 0.6) is 0 Å². The van der Waals surface area contributed by atoms with Crippen molar-refractivity contribution < 1.29 is 0 Å². The van der Waals surface area contributed by atoms with Gasteiger partial charge >= 0.3 is 0 Å². The zero-order valence-electron chi connectivity index (χ0n) is 11.4. The normalized spacial score (nSPS) is 23.1. The average molecular weight is 268 g/mol. The van der Waals surface area contributed by atoms with Crippen molar-refractivity contribution in [2.24, 2.45) is 0 Å². The third-order valence-corrected chi connectivity index (χ3v) is 4.44. The Kier molecular flexibility index (Phi) is 4.97. The van der Waals surface area contributed by atoms with Gasteiger partial charge in [-0.1, -0.05) is 6.92 Å². The van der Waals surface area contributed by atoms with Crippen molar-refractivity contribution in [3.63, 3.8) is 0 Å². The molecule has 102 valence electrons. The fourth-order valence-electron chi connectivity index (χ4n) is 2.67. The van der Waals surface area contributed by atoms with Crippen molar-refractivity contribution in [2.45, 2.75) is 32.2 Å². The van der Waals surface area contributed by atoms with Crippen molar-refractivity contribution in [2.75, 3.05) is 39.0 Å². The van der Waals surface area contributed by atoms with Gasteiger partial charge in [0.1, 0.15) is 0 Å². The molecule has 4 nitrogen and oxygen atoms in total. The van der Waals surface area contributed by atoms with Gasteiger partial charge in [-0.2, -0.15) is 0 Å². The number of likely N-dealkylation sites (N-methyl/N-ethyl adjacent to an activating group) is 1. The van der Waals surface area contributed by atoms with E-state index in [1.165, 1.54) is 32.5 Å². The molecule has 0 spiro atoms. The van der Waals surface area contributed by atoms with Gasteiger partial charge in [0.15, 0.2) is 5.13 Å². The number of thiazole rings is 1. The number of rotatable bonds is 4. The number of anilines is 1. The van der Waals surface area contributed by atoms with E-state index in [9.17, 15) is 0 Å². The molecule has 0 saturated carbocycles. The van der Waals surface area contributed by atoms with Crippen LogP contribution in [0.4, 0.5) is 5.13 Å². The zero-order chi connectivity index (χ0) is 13.0. The molecule has 1 saturated heterocycles. The van der Waals surface area contributed by atoms with E-state index in [0.717, 1.165) is 18.7 Å². The molecule has 1 aromatic heterocycles. The van der Waals surface area contributed by atoms with Crippen LogP contribution in [0, 0.1) is 0 Å². The molecule has 2 heterocycles. The van der Waals surface area contributed by atoms with Gasteiger partial charge in [-0.15, -0.1) is 11.3 Å². The van der Waals surface area contributed by atoms with E-state index in [0.29, 0.717) is 11.2 Å². The molecule has 1 aliphatic rings. The van der Waals surface area contributed by atoms with Gasteiger partial charge in [-0.05, 0) is 33.0 Å². The van der Waals surface area contributed by atoms with Crippen LogP contribution in [0.2, 0.25) is 0 Å². The first-order valence-electron chi connectivity index (χ1n) is 6.81. The summed E-state index contributed by atoms with van der Waals surface area (Å²) >= 11 is 1.54. The highest BCUT2D eigenvalue weighted by atomic mass is 32.1. The van der Waals surface area contributed by atoms with Crippen molar-refractivity contribution >= 4 is 16.5 Å². The molecule has 0 radical (unpaired) electrons. The SMILES string of the molecule is CCC1CN(C)CCCN1CCc1csc(N)n1. The maximum atomic E-state index is 5.67. The van der Waals surface area contributed by atoms with Crippen LogP contribution in [-0.2, 0) is 6.42 Å². The summed E-state index contributed by atoms with van der Waals surface area (Å²) in [6.45, 7) is 7.02. The first kappa shape index (κ1) is 13.8. The lowest BCUT2D eigenvalue weighted by Crippen LogP contribution is -2.40. The highest BCUT2D eigenvalue weighted by Gasteiger charge is 2.21. The van der Waals surface area contributed by atoms with Crippen LogP contribution >= 0.6 is 11.3 Å². The summed E-state index contributed by atoms with van der Waals surface area (Å²) in [4.78, 5) is 9.42.